The molecule has 0 radical (unpaired) electrons. The van der Waals surface area contributed by atoms with Crippen LogP contribution in [0, 0.1) is 23.0 Å². The zero-order valence-electron chi connectivity index (χ0n) is 24.2. The lowest BCUT2D eigenvalue weighted by molar-refractivity contribution is -0.161. The SMILES string of the molecule is CC(=O)OC(C)C(=O)N(CC1CNCC1F)C(c1nc(-c2cc(F)ccc2F)cn1Cc1ccccc1)C(C)(C)CO. The zero-order chi connectivity index (χ0) is 30.6. The molecule has 0 saturated carbocycles. The van der Waals surface area contributed by atoms with Crippen molar-refractivity contribution in [3.63, 3.8) is 0 Å². The number of alkyl halides is 1. The van der Waals surface area contributed by atoms with Gasteiger partial charge in [0.2, 0.25) is 0 Å². The Morgan fingerprint density at radius 2 is 1.90 bits per heavy atom. The third-order valence-corrected chi connectivity index (χ3v) is 7.57. The largest absolute Gasteiger partial charge is 0.453 e. The Labute approximate surface area is 243 Å². The number of aliphatic hydroxyl groups excluding tert-OH is 1. The number of nitrogens with one attached hydrogen (secondary N) is 1. The quantitative estimate of drug-likeness (QED) is 0.326. The fraction of sp³-hybridized carbons (Fsp3) is 0.452. The van der Waals surface area contributed by atoms with E-state index in [1.807, 2.05) is 30.3 Å². The van der Waals surface area contributed by atoms with Gasteiger partial charge in [-0.05, 0) is 30.7 Å². The number of aliphatic hydroxyl groups is 1. The average molecular weight is 587 g/mol. The summed E-state index contributed by atoms with van der Waals surface area (Å²) in [6.07, 6.45) is -0.860. The number of imidazole rings is 1. The summed E-state index contributed by atoms with van der Waals surface area (Å²) in [5, 5.41) is 13.6. The van der Waals surface area contributed by atoms with Gasteiger partial charge in [-0.15, -0.1) is 0 Å². The van der Waals surface area contributed by atoms with Gasteiger partial charge in [-0.3, -0.25) is 9.59 Å². The lowest BCUT2D eigenvalue weighted by atomic mass is 9.82. The topological polar surface area (TPSA) is 96.7 Å². The van der Waals surface area contributed by atoms with E-state index in [9.17, 15) is 27.9 Å². The van der Waals surface area contributed by atoms with Gasteiger partial charge < -0.3 is 24.6 Å². The predicted octanol–water partition coefficient (Wildman–Crippen LogP) is 4.27. The van der Waals surface area contributed by atoms with Gasteiger partial charge in [-0.1, -0.05) is 44.2 Å². The fourth-order valence-electron chi connectivity index (χ4n) is 5.36. The molecule has 11 heteroatoms. The van der Waals surface area contributed by atoms with Crippen LogP contribution in [0.5, 0.6) is 0 Å². The highest BCUT2D eigenvalue weighted by Crippen LogP contribution is 2.41. The minimum atomic E-state index is -1.23. The summed E-state index contributed by atoms with van der Waals surface area (Å²) in [6.45, 7) is 6.34. The van der Waals surface area contributed by atoms with Crippen molar-refractivity contribution >= 4 is 11.9 Å². The number of halogens is 3. The Morgan fingerprint density at radius 3 is 2.52 bits per heavy atom. The molecule has 1 aliphatic rings. The number of benzene rings is 2. The Hall–Kier alpha value is -3.70. The summed E-state index contributed by atoms with van der Waals surface area (Å²) in [4.78, 5) is 31.9. The molecule has 4 unspecified atom stereocenters. The number of nitrogens with zero attached hydrogens (tertiary/aromatic N) is 3. The van der Waals surface area contributed by atoms with Crippen molar-refractivity contribution in [1.29, 1.82) is 0 Å². The van der Waals surface area contributed by atoms with E-state index in [4.69, 9.17) is 9.72 Å². The zero-order valence-corrected chi connectivity index (χ0v) is 24.2. The summed E-state index contributed by atoms with van der Waals surface area (Å²) < 4.78 is 51.0. The van der Waals surface area contributed by atoms with E-state index < -0.39 is 59.8 Å². The summed E-state index contributed by atoms with van der Waals surface area (Å²) in [5.74, 6) is -2.88. The molecule has 0 aliphatic carbocycles. The van der Waals surface area contributed by atoms with E-state index in [1.165, 1.54) is 18.7 Å². The van der Waals surface area contributed by atoms with Crippen molar-refractivity contribution in [2.75, 3.05) is 26.2 Å². The van der Waals surface area contributed by atoms with Gasteiger partial charge in [0.05, 0.1) is 18.3 Å². The second-order valence-corrected chi connectivity index (χ2v) is 11.4. The third kappa shape index (κ3) is 7.01. The van der Waals surface area contributed by atoms with Crippen molar-refractivity contribution in [2.45, 2.75) is 52.6 Å². The molecule has 3 aromatic rings. The van der Waals surface area contributed by atoms with Gasteiger partial charge in [0.1, 0.15) is 23.6 Å². The van der Waals surface area contributed by atoms with Crippen LogP contribution < -0.4 is 5.32 Å². The first kappa shape index (κ1) is 31.2. The van der Waals surface area contributed by atoms with Crippen molar-refractivity contribution in [1.82, 2.24) is 19.8 Å². The van der Waals surface area contributed by atoms with E-state index in [0.717, 1.165) is 23.8 Å². The molecule has 1 saturated heterocycles. The molecule has 4 atom stereocenters. The molecule has 226 valence electrons. The molecule has 2 N–H and O–H groups in total. The Kier molecular flexibility index (Phi) is 9.73. The molecule has 42 heavy (non-hydrogen) atoms. The average Bonchev–Trinajstić information content (AvgIpc) is 3.54. The molecule has 1 aromatic heterocycles. The maximum absolute atomic E-state index is 14.9. The van der Waals surface area contributed by atoms with Crippen LogP contribution in [0.15, 0.2) is 54.7 Å². The van der Waals surface area contributed by atoms with E-state index >= 15 is 0 Å². The number of ether oxygens (including phenoxy) is 1. The molecule has 1 fully saturated rings. The van der Waals surface area contributed by atoms with Gasteiger partial charge in [0.25, 0.3) is 5.91 Å². The van der Waals surface area contributed by atoms with Crippen LogP contribution in [0.4, 0.5) is 13.2 Å². The highest BCUT2D eigenvalue weighted by Gasteiger charge is 2.44. The molecule has 4 rings (SSSR count). The molecule has 8 nitrogen and oxygen atoms in total. The normalized spacial score (nSPS) is 18.5. The van der Waals surface area contributed by atoms with E-state index in [1.54, 1.807) is 24.6 Å². The van der Waals surface area contributed by atoms with Crippen LogP contribution in [0.2, 0.25) is 0 Å². The molecule has 0 spiro atoms. The molecule has 2 heterocycles. The Morgan fingerprint density at radius 1 is 1.19 bits per heavy atom. The fourth-order valence-corrected chi connectivity index (χ4v) is 5.36. The number of carbonyl (C=O) groups is 2. The number of hydrogen-bond acceptors (Lipinski definition) is 6. The maximum atomic E-state index is 14.9. The first-order valence-corrected chi connectivity index (χ1v) is 13.9. The van der Waals surface area contributed by atoms with Gasteiger partial charge in [-0.2, -0.15) is 0 Å². The standard InChI is InChI=1S/C31H37F3N4O4/c1-19(42-20(2)40)30(41)38(16-22-13-35-14-26(22)34)28(31(3,4)18-39)29-36-27(24-12-23(32)10-11-25(24)33)17-37(29)15-21-8-6-5-7-9-21/h5-12,17,19,22,26,28,35,39H,13-16,18H2,1-4H3. The third-order valence-electron chi connectivity index (χ3n) is 7.57. The lowest BCUT2D eigenvalue weighted by Gasteiger charge is -2.42. The maximum Gasteiger partial charge on any atom is 0.303 e. The Bertz CT molecular complexity index is 1400. The number of rotatable bonds is 11. The number of carbonyl (C=O) groups excluding carboxylic acids is 2. The summed E-state index contributed by atoms with van der Waals surface area (Å²) in [6, 6.07) is 11.5. The number of hydrogen-bond donors (Lipinski definition) is 2. The monoisotopic (exact) mass is 586 g/mol. The Balaban J connectivity index is 1.91. The predicted molar refractivity (Wildman–Crippen MR) is 151 cm³/mol. The van der Waals surface area contributed by atoms with Crippen LogP contribution in [0.3, 0.4) is 0 Å². The van der Waals surface area contributed by atoms with Crippen molar-refractivity contribution in [3.8, 4) is 11.3 Å². The van der Waals surface area contributed by atoms with Crippen LogP contribution in [0.25, 0.3) is 11.3 Å². The summed E-state index contributed by atoms with van der Waals surface area (Å²) >= 11 is 0. The second kappa shape index (κ2) is 13.1. The van der Waals surface area contributed by atoms with Gasteiger partial charge in [0.15, 0.2) is 6.10 Å². The molecular weight excluding hydrogens is 549 g/mol. The van der Waals surface area contributed by atoms with Crippen molar-refractivity contribution in [2.24, 2.45) is 11.3 Å². The molecule has 1 amide bonds. The van der Waals surface area contributed by atoms with E-state index in [-0.39, 0.29) is 36.7 Å². The minimum Gasteiger partial charge on any atom is -0.453 e. The first-order valence-electron chi connectivity index (χ1n) is 13.9. The second-order valence-electron chi connectivity index (χ2n) is 11.4. The number of aromatic nitrogens is 2. The number of esters is 1. The molecule has 1 aliphatic heterocycles. The van der Waals surface area contributed by atoms with E-state index in [0.29, 0.717) is 6.54 Å². The highest BCUT2D eigenvalue weighted by atomic mass is 19.1. The van der Waals surface area contributed by atoms with Crippen molar-refractivity contribution < 1.29 is 32.6 Å². The van der Waals surface area contributed by atoms with Gasteiger partial charge >= 0.3 is 5.97 Å². The molecular formula is C31H37F3N4O4. The first-order chi connectivity index (χ1) is 19.9. The smallest absolute Gasteiger partial charge is 0.303 e. The van der Waals surface area contributed by atoms with Crippen LogP contribution in [-0.2, 0) is 20.9 Å². The highest BCUT2D eigenvalue weighted by molar-refractivity contribution is 5.83. The lowest BCUT2D eigenvalue weighted by Crippen LogP contribution is -2.51. The van der Waals surface area contributed by atoms with Gasteiger partial charge in [-0.25, -0.2) is 18.2 Å². The molecule has 0 bridgehead atoms. The number of amides is 1. The van der Waals surface area contributed by atoms with Crippen molar-refractivity contribution in [3.05, 3.63) is 77.8 Å². The van der Waals surface area contributed by atoms with E-state index in [2.05, 4.69) is 5.32 Å². The molecule has 2 aromatic carbocycles. The van der Waals surface area contributed by atoms with Crippen LogP contribution in [-0.4, -0.2) is 70.0 Å². The summed E-state index contributed by atoms with van der Waals surface area (Å²) in [7, 11) is 0. The van der Waals surface area contributed by atoms with Crippen LogP contribution >= 0.6 is 0 Å². The van der Waals surface area contributed by atoms with Gasteiger partial charge in [0, 0.05) is 56.2 Å². The minimum absolute atomic E-state index is 0.0610. The van der Waals surface area contributed by atoms with Crippen LogP contribution in [0.1, 0.15) is 45.1 Å². The summed E-state index contributed by atoms with van der Waals surface area (Å²) in [5.41, 5.74) is -0.124.